The van der Waals surface area contributed by atoms with Crippen molar-refractivity contribution in [1.82, 2.24) is 19.4 Å². The van der Waals surface area contributed by atoms with Gasteiger partial charge in [-0.25, -0.2) is 8.78 Å². The molecule has 0 radical (unpaired) electrons. The molecule has 0 saturated heterocycles. The Morgan fingerprint density at radius 3 is 2.62 bits per heavy atom. The Bertz CT molecular complexity index is 950. The Hall–Kier alpha value is -2.83. The van der Waals surface area contributed by atoms with Gasteiger partial charge in [0.15, 0.2) is 0 Å². The summed E-state index contributed by atoms with van der Waals surface area (Å²) in [6.45, 7) is 2.01. The van der Waals surface area contributed by atoms with E-state index in [1.807, 2.05) is 22.9 Å². The number of alkyl halides is 2. The molecule has 0 aliphatic heterocycles. The number of aromatic nitrogens is 3. The molecular weight excluding hydrogens is 338 g/mol. The zero-order valence-electron chi connectivity index (χ0n) is 14.9. The SMILES string of the molecule is Cc1ccnc(C(F)F)c1Cc1nccc2c1ccn2CC(=O)N(C)C. The first-order chi connectivity index (χ1) is 12.4. The average molecular weight is 358 g/mol. The van der Waals surface area contributed by atoms with Gasteiger partial charge in [-0.2, -0.15) is 0 Å². The van der Waals surface area contributed by atoms with Crippen molar-refractivity contribution >= 4 is 16.8 Å². The maximum Gasteiger partial charge on any atom is 0.280 e. The lowest BCUT2D eigenvalue weighted by Gasteiger charge is -2.13. The first-order valence-corrected chi connectivity index (χ1v) is 8.24. The highest BCUT2D eigenvalue weighted by molar-refractivity contribution is 5.85. The Morgan fingerprint density at radius 1 is 1.19 bits per heavy atom. The Balaban J connectivity index is 2.01. The summed E-state index contributed by atoms with van der Waals surface area (Å²) in [6, 6.07) is 5.42. The van der Waals surface area contributed by atoms with Gasteiger partial charge in [0, 0.05) is 44.5 Å². The van der Waals surface area contributed by atoms with Crippen LogP contribution in [0.2, 0.25) is 0 Å². The van der Waals surface area contributed by atoms with Crippen LogP contribution in [-0.4, -0.2) is 39.4 Å². The monoisotopic (exact) mass is 358 g/mol. The van der Waals surface area contributed by atoms with Crippen molar-refractivity contribution in [2.75, 3.05) is 14.1 Å². The molecule has 26 heavy (non-hydrogen) atoms. The Morgan fingerprint density at radius 2 is 1.92 bits per heavy atom. The predicted molar refractivity (Wildman–Crippen MR) is 95.2 cm³/mol. The van der Waals surface area contributed by atoms with Gasteiger partial charge in [-0.05, 0) is 36.2 Å². The molecule has 0 fully saturated rings. The van der Waals surface area contributed by atoms with E-state index in [1.54, 1.807) is 33.3 Å². The maximum atomic E-state index is 13.3. The van der Waals surface area contributed by atoms with Crippen LogP contribution in [0.1, 0.15) is 28.9 Å². The third-order valence-electron chi connectivity index (χ3n) is 4.46. The van der Waals surface area contributed by atoms with Crippen LogP contribution in [0.15, 0.2) is 36.8 Å². The van der Waals surface area contributed by atoms with E-state index in [9.17, 15) is 13.6 Å². The van der Waals surface area contributed by atoms with Gasteiger partial charge in [-0.3, -0.25) is 14.8 Å². The van der Waals surface area contributed by atoms with Crippen LogP contribution in [0.25, 0.3) is 10.9 Å². The summed E-state index contributed by atoms with van der Waals surface area (Å²) in [5.74, 6) is -0.0241. The van der Waals surface area contributed by atoms with Crippen LogP contribution in [0.4, 0.5) is 8.78 Å². The quantitative estimate of drug-likeness (QED) is 0.703. The summed E-state index contributed by atoms with van der Waals surface area (Å²) >= 11 is 0. The summed E-state index contributed by atoms with van der Waals surface area (Å²) < 4.78 is 28.5. The number of nitrogens with zero attached hydrogens (tertiary/aromatic N) is 4. The lowest BCUT2D eigenvalue weighted by atomic mass is 10.0. The zero-order chi connectivity index (χ0) is 18.8. The number of hydrogen-bond donors (Lipinski definition) is 0. The topological polar surface area (TPSA) is 51.0 Å². The highest BCUT2D eigenvalue weighted by Crippen LogP contribution is 2.27. The van der Waals surface area contributed by atoms with Crippen LogP contribution in [-0.2, 0) is 17.8 Å². The molecule has 0 aliphatic carbocycles. The van der Waals surface area contributed by atoms with Gasteiger partial charge in [0.25, 0.3) is 6.43 Å². The first-order valence-electron chi connectivity index (χ1n) is 8.24. The van der Waals surface area contributed by atoms with Gasteiger partial charge < -0.3 is 9.47 Å². The van der Waals surface area contributed by atoms with Crippen LogP contribution in [0, 0.1) is 6.92 Å². The van der Waals surface area contributed by atoms with Crippen molar-refractivity contribution in [3.05, 3.63) is 59.3 Å². The van der Waals surface area contributed by atoms with E-state index < -0.39 is 6.43 Å². The van der Waals surface area contributed by atoms with Gasteiger partial charge >= 0.3 is 0 Å². The number of pyridine rings is 2. The summed E-state index contributed by atoms with van der Waals surface area (Å²) in [5.41, 5.74) is 2.60. The smallest absolute Gasteiger partial charge is 0.280 e. The molecule has 5 nitrogen and oxygen atoms in total. The third kappa shape index (κ3) is 3.42. The maximum absolute atomic E-state index is 13.3. The number of rotatable bonds is 5. The van der Waals surface area contributed by atoms with E-state index in [2.05, 4.69) is 9.97 Å². The highest BCUT2D eigenvalue weighted by Gasteiger charge is 2.18. The predicted octanol–water partition coefficient (Wildman–Crippen LogP) is 3.36. The molecule has 136 valence electrons. The number of carbonyl (C=O) groups is 1. The van der Waals surface area contributed by atoms with E-state index >= 15 is 0 Å². The van der Waals surface area contributed by atoms with E-state index in [-0.39, 0.29) is 24.6 Å². The number of halogens is 2. The van der Waals surface area contributed by atoms with Crippen molar-refractivity contribution in [3.63, 3.8) is 0 Å². The van der Waals surface area contributed by atoms with Crippen LogP contribution in [0.3, 0.4) is 0 Å². The molecular formula is C19H20F2N4O. The Labute approximate surface area is 150 Å². The van der Waals surface area contributed by atoms with Crippen molar-refractivity contribution in [1.29, 1.82) is 0 Å². The van der Waals surface area contributed by atoms with Gasteiger partial charge in [-0.1, -0.05) is 0 Å². The fourth-order valence-electron chi connectivity index (χ4n) is 2.94. The average Bonchev–Trinajstić information content (AvgIpc) is 3.00. The molecule has 0 aliphatic rings. The Kier molecular flexibility index (Phi) is 4.97. The molecule has 3 heterocycles. The molecule has 0 unspecified atom stereocenters. The van der Waals surface area contributed by atoms with Crippen LogP contribution in [0.5, 0.6) is 0 Å². The van der Waals surface area contributed by atoms with Crippen LogP contribution >= 0.6 is 0 Å². The first kappa shape index (κ1) is 18.0. The minimum Gasteiger partial charge on any atom is -0.347 e. The highest BCUT2D eigenvalue weighted by atomic mass is 19.3. The second-order valence-corrected chi connectivity index (χ2v) is 6.39. The number of fused-ring (bicyclic) bond motifs is 1. The fourth-order valence-corrected chi connectivity index (χ4v) is 2.94. The summed E-state index contributed by atoms with van der Waals surface area (Å²) in [7, 11) is 3.41. The number of hydrogen-bond acceptors (Lipinski definition) is 3. The number of amides is 1. The van der Waals surface area contributed by atoms with E-state index in [4.69, 9.17) is 0 Å². The van der Waals surface area contributed by atoms with Crippen molar-refractivity contribution in [2.24, 2.45) is 0 Å². The molecule has 0 atom stereocenters. The van der Waals surface area contributed by atoms with Crippen molar-refractivity contribution < 1.29 is 13.6 Å². The molecule has 0 spiro atoms. The van der Waals surface area contributed by atoms with Crippen molar-refractivity contribution in [3.8, 4) is 0 Å². The zero-order valence-corrected chi connectivity index (χ0v) is 14.9. The minimum absolute atomic E-state index is 0.0241. The third-order valence-corrected chi connectivity index (χ3v) is 4.46. The summed E-state index contributed by atoms with van der Waals surface area (Å²) in [5, 5.41) is 0.850. The van der Waals surface area contributed by atoms with E-state index in [0.717, 1.165) is 16.5 Å². The number of aryl methyl sites for hydroxylation is 1. The summed E-state index contributed by atoms with van der Waals surface area (Å²) in [4.78, 5) is 21.8. The molecule has 3 aromatic heterocycles. The standard InChI is InChI=1S/C19H20F2N4O/c1-12-4-7-23-18(19(20)21)14(12)10-15-13-6-9-25(11-17(26)24(2)3)16(13)5-8-22-15/h4-9,19H,10-11H2,1-3H3. The number of likely N-dealkylation sites (N-methyl/N-ethyl adjacent to an activating group) is 1. The van der Waals surface area contributed by atoms with Crippen molar-refractivity contribution in [2.45, 2.75) is 26.3 Å². The van der Waals surface area contributed by atoms with Crippen LogP contribution < -0.4 is 0 Å². The van der Waals surface area contributed by atoms with Gasteiger partial charge in [-0.15, -0.1) is 0 Å². The normalized spacial score (nSPS) is 11.3. The molecule has 0 N–H and O–H groups in total. The molecule has 3 rings (SSSR count). The lowest BCUT2D eigenvalue weighted by Crippen LogP contribution is -2.25. The fraction of sp³-hybridized carbons (Fsp3) is 0.316. The van der Waals surface area contributed by atoms with E-state index in [1.165, 1.54) is 11.1 Å². The van der Waals surface area contributed by atoms with E-state index in [0.29, 0.717) is 11.3 Å². The number of carbonyl (C=O) groups excluding carboxylic acids is 1. The molecule has 0 aromatic carbocycles. The summed E-state index contributed by atoms with van der Waals surface area (Å²) in [6.07, 6.45) is 2.50. The van der Waals surface area contributed by atoms with Gasteiger partial charge in [0.1, 0.15) is 12.2 Å². The lowest BCUT2D eigenvalue weighted by molar-refractivity contribution is -0.129. The molecule has 3 aromatic rings. The molecule has 0 bridgehead atoms. The van der Waals surface area contributed by atoms with Gasteiger partial charge in [0.05, 0.1) is 11.2 Å². The molecule has 7 heteroatoms. The largest absolute Gasteiger partial charge is 0.347 e. The minimum atomic E-state index is -2.63. The second kappa shape index (κ2) is 7.19. The second-order valence-electron chi connectivity index (χ2n) is 6.39. The molecule has 0 saturated carbocycles. The molecule has 1 amide bonds. The van der Waals surface area contributed by atoms with Gasteiger partial charge in [0.2, 0.25) is 5.91 Å².